The highest BCUT2D eigenvalue weighted by Crippen LogP contribution is 2.76. The molecular weight excluding hydrogens is 1160 g/mol. The molecule has 4 saturated carbocycles. The third-order valence-corrected chi connectivity index (χ3v) is 22.7. The summed E-state index contributed by atoms with van der Waals surface area (Å²) in [6.45, 7) is 16.2. The van der Waals surface area contributed by atoms with E-state index in [0.29, 0.717) is 56.4 Å². The van der Waals surface area contributed by atoms with Gasteiger partial charge in [-0.2, -0.15) is 0 Å². The van der Waals surface area contributed by atoms with Crippen LogP contribution in [0.2, 0.25) is 0 Å². The topological polar surface area (TPSA) is 301 Å². The first kappa shape index (κ1) is 63.2. The molecule has 12 unspecified atom stereocenters. The summed E-state index contributed by atoms with van der Waals surface area (Å²) in [6, 6.07) is 6.02. The summed E-state index contributed by atoms with van der Waals surface area (Å²) < 4.78 is 37.6. The van der Waals surface area contributed by atoms with Crippen LogP contribution in [-0.4, -0.2) is 175 Å². The van der Waals surface area contributed by atoms with E-state index in [1.165, 1.54) is 6.92 Å². The average Bonchev–Trinajstić information content (AvgIpc) is 1.41. The Hall–Kier alpha value is -2.26. The van der Waals surface area contributed by atoms with Crippen molar-refractivity contribution in [2.24, 2.45) is 50.2 Å². The fraction of sp³-hybridized carbons (Fsp3) is 0.820. The normalized spacial score (nSPS) is 45.5. The van der Waals surface area contributed by atoms with Gasteiger partial charge in [-0.15, -0.1) is 0 Å². The van der Waals surface area contributed by atoms with E-state index in [4.69, 9.17) is 28.4 Å². The molecule has 20 heteroatoms. The van der Waals surface area contributed by atoms with Crippen molar-refractivity contribution in [2.75, 3.05) is 13.2 Å². The average molecular weight is 1250 g/mol. The zero-order chi connectivity index (χ0) is 58.9. The molecule has 3 heterocycles. The first-order valence-corrected chi connectivity index (χ1v) is 30.9. The molecule has 3 aliphatic heterocycles. The quantitative estimate of drug-likeness (QED) is 0.0352. The van der Waals surface area contributed by atoms with Crippen LogP contribution in [0.1, 0.15) is 162 Å². The van der Waals surface area contributed by atoms with Crippen LogP contribution < -0.4 is 5.32 Å². The number of hydrogen-bond acceptors (Lipinski definition) is 18. The lowest BCUT2D eigenvalue weighted by molar-refractivity contribution is -0.370. The molecule has 1 aromatic rings. The van der Waals surface area contributed by atoms with Crippen molar-refractivity contribution in [2.45, 2.75) is 250 Å². The van der Waals surface area contributed by atoms with E-state index in [1.807, 2.05) is 12.1 Å². The van der Waals surface area contributed by atoms with Crippen molar-refractivity contribution >= 4 is 40.3 Å². The molecule has 19 nitrogen and oxygen atoms in total. The number of aliphatic hydroxyl groups is 9. The number of aliphatic hydroxyl groups excluding tert-OH is 9. The maximum atomic E-state index is 15.7. The standard InChI is InChI=1S/C61H92INO18/c1-31-50(79-52-48(73)45(70)37(66)30-76-52)47(72)49(74)53(77-31)80-51-46(71)44(63-43(69)14-12-10-9-11-13-36(65)32-15-17-33(62)18-16-32)38(29-64)78-54(51)81-55(75)61-26-25-56(2,3)27-35(61)34-19-20-40-58(6)23-22-41(67)57(4,5)39(58)21-24-59(40,7)60(34,8)28-42(61)68/h15-19,31,35,37-42,44-54,64,66-68,70-74H,9-14,20-30H2,1-8H3,(H,63,69)/t31?,35?,37-,38?,39+,40?,41+,42?,44+,45?,46?,47?,48?,49?,50+,51?,52+,53+,54+,58?,59+,60-,61-/m1/s1. The number of carbonyl (C=O) groups excluding carboxylic acids is 3. The predicted molar refractivity (Wildman–Crippen MR) is 301 cm³/mol. The van der Waals surface area contributed by atoms with Gasteiger partial charge in [-0.3, -0.25) is 14.4 Å². The number of amides is 1. The number of ketones is 1. The molecule has 10 N–H and O–H groups in total. The van der Waals surface area contributed by atoms with Gasteiger partial charge in [0.25, 0.3) is 0 Å². The second-order valence-corrected chi connectivity index (χ2v) is 28.8. The maximum absolute atomic E-state index is 15.7. The van der Waals surface area contributed by atoms with Crippen LogP contribution in [0.3, 0.4) is 0 Å². The first-order chi connectivity index (χ1) is 38.0. The second kappa shape index (κ2) is 24.1. The minimum absolute atomic E-state index is 0.0228. The van der Waals surface area contributed by atoms with Gasteiger partial charge in [0.15, 0.2) is 24.5 Å². The summed E-state index contributed by atoms with van der Waals surface area (Å²) in [5.74, 6) is -1.15. The Morgan fingerprint density at radius 3 is 2.06 bits per heavy atom. The Morgan fingerprint density at radius 1 is 0.704 bits per heavy atom. The number of unbranched alkanes of at least 4 members (excludes halogenated alkanes) is 3. The van der Waals surface area contributed by atoms with Gasteiger partial charge in [-0.25, -0.2) is 0 Å². The van der Waals surface area contributed by atoms with Crippen LogP contribution in [0.4, 0.5) is 0 Å². The van der Waals surface area contributed by atoms with E-state index in [0.717, 1.165) is 41.2 Å². The Bertz CT molecular complexity index is 2440. The highest BCUT2D eigenvalue weighted by atomic mass is 127. The fourth-order valence-corrected chi connectivity index (χ4v) is 17.2. The number of fused-ring (bicyclic) bond motifs is 7. The van der Waals surface area contributed by atoms with Crippen molar-refractivity contribution in [3.63, 3.8) is 0 Å². The van der Waals surface area contributed by atoms with E-state index in [2.05, 4.69) is 82.4 Å². The molecule has 1 aromatic carbocycles. The minimum Gasteiger partial charge on any atom is -0.432 e. The molecule has 23 atom stereocenters. The largest absolute Gasteiger partial charge is 0.432 e. The van der Waals surface area contributed by atoms with E-state index < -0.39 is 134 Å². The summed E-state index contributed by atoms with van der Waals surface area (Å²) in [6.07, 6.45) is -11.6. The van der Waals surface area contributed by atoms with Crippen molar-refractivity contribution < 1.29 is 88.8 Å². The van der Waals surface area contributed by atoms with Gasteiger partial charge in [0.05, 0.1) is 37.6 Å². The Balaban J connectivity index is 0.960. The van der Waals surface area contributed by atoms with E-state index >= 15 is 4.79 Å². The summed E-state index contributed by atoms with van der Waals surface area (Å²) in [5, 5.41) is 105. The van der Waals surface area contributed by atoms with Crippen LogP contribution >= 0.6 is 22.6 Å². The van der Waals surface area contributed by atoms with Crippen LogP contribution in [0.5, 0.6) is 0 Å². The molecule has 8 aliphatic rings. The van der Waals surface area contributed by atoms with Crippen molar-refractivity contribution in [1.29, 1.82) is 0 Å². The van der Waals surface area contributed by atoms with Crippen molar-refractivity contribution in [3.8, 4) is 0 Å². The predicted octanol–water partition coefficient (Wildman–Crippen LogP) is 4.73. The summed E-state index contributed by atoms with van der Waals surface area (Å²) >= 11 is 2.19. The summed E-state index contributed by atoms with van der Waals surface area (Å²) in [4.78, 5) is 42.1. The number of benzene rings is 1. The molecule has 81 heavy (non-hydrogen) atoms. The number of ether oxygens (including phenoxy) is 6. The lowest BCUT2D eigenvalue weighted by Gasteiger charge is -2.71. The molecule has 5 aliphatic carbocycles. The van der Waals surface area contributed by atoms with Gasteiger partial charge in [-0.1, -0.05) is 85.1 Å². The van der Waals surface area contributed by atoms with Crippen molar-refractivity contribution in [1.82, 2.24) is 5.32 Å². The number of esters is 1. The van der Waals surface area contributed by atoms with E-state index in [9.17, 15) is 55.5 Å². The molecule has 456 valence electrons. The molecule has 9 rings (SSSR count). The van der Waals surface area contributed by atoms with Gasteiger partial charge < -0.3 is 79.7 Å². The zero-order valence-corrected chi connectivity index (χ0v) is 50.6. The van der Waals surface area contributed by atoms with Gasteiger partial charge in [0.2, 0.25) is 12.2 Å². The highest BCUT2D eigenvalue weighted by molar-refractivity contribution is 14.1. The molecule has 0 aromatic heterocycles. The van der Waals surface area contributed by atoms with E-state index in [1.54, 1.807) is 12.1 Å². The fourth-order valence-electron chi connectivity index (χ4n) is 16.9. The highest BCUT2D eigenvalue weighted by Gasteiger charge is 2.72. The number of allylic oxidation sites excluding steroid dienone is 2. The molecule has 0 spiro atoms. The van der Waals surface area contributed by atoms with Crippen LogP contribution in [0.25, 0.3) is 0 Å². The Morgan fingerprint density at radius 2 is 1.37 bits per heavy atom. The minimum atomic E-state index is -1.94. The Labute approximate surface area is 490 Å². The molecule has 3 saturated heterocycles. The van der Waals surface area contributed by atoms with Gasteiger partial charge in [0, 0.05) is 22.0 Å². The van der Waals surface area contributed by atoms with Gasteiger partial charge in [0.1, 0.15) is 54.2 Å². The molecular formula is C61H92INO18. The number of hydrogen-bond donors (Lipinski definition) is 10. The smallest absolute Gasteiger partial charge is 0.317 e. The third kappa shape index (κ3) is 11.5. The second-order valence-electron chi connectivity index (χ2n) is 27.6. The first-order valence-electron chi connectivity index (χ1n) is 29.8. The van der Waals surface area contributed by atoms with Crippen LogP contribution in [0, 0.1) is 53.8 Å². The monoisotopic (exact) mass is 1250 g/mol. The van der Waals surface area contributed by atoms with Gasteiger partial charge >= 0.3 is 5.97 Å². The third-order valence-electron chi connectivity index (χ3n) is 22.0. The molecule has 0 bridgehead atoms. The Kier molecular flexibility index (Phi) is 18.8. The summed E-state index contributed by atoms with van der Waals surface area (Å²) in [7, 11) is 0. The van der Waals surface area contributed by atoms with E-state index in [-0.39, 0.29) is 58.7 Å². The maximum Gasteiger partial charge on any atom is 0.317 e. The number of Topliss-reactive ketones (excluding diaryl/α,β-unsaturated/α-hetero) is 1. The van der Waals surface area contributed by atoms with Crippen LogP contribution in [0.15, 0.2) is 35.9 Å². The van der Waals surface area contributed by atoms with Gasteiger partial charge in [-0.05, 0) is 157 Å². The molecule has 7 fully saturated rings. The zero-order valence-electron chi connectivity index (χ0n) is 48.5. The number of nitrogens with one attached hydrogen (secondary N) is 1. The number of halogens is 1. The van der Waals surface area contributed by atoms with Crippen molar-refractivity contribution in [3.05, 3.63) is 45.0 Å². The molecule has 1 amide bonds. The van der Waals surface area contributed by atoms with Crippen LogP contribution in [-0.2, 0) is 38.0 Å². The SMILES string of the molecule is CC1O[C@@H](OC2C(O)[C@@H](NC(=O)CCCCCCC(=O)c3ccc(I)cc3)C(CO)O[C@H]2OC(=O)[C@]23CCC(C)(C)CC2C2=CCC4C5(C)CC[C@H](O)C(C)(C)[C@@H]5CC[C@]4(C)[C@]2(C)CC3O)C(O)C(O)[C@H]1O[C@@H]1OC[C@@H](O)C(O)C1O. The summed E-state index contributed by atoms with van der Waals surface area (Å²) in [5.41, 5.74) is -1.04. The lowest BCUT2D eigenvalue weighted by atomic mass is 9.33. The number of rotatable bonds is 16. The number of carbonyl (C=O) groups is 3. The lowest BCUT2D eigenvalue weighted by Crippen LogP contribution is -2.69. The molecule has 0 radical (unpaired) electrons.